The van der Waals surface area contributed by atoms with Gasteiger partial charge in [0.2, 0.25) is 0 Å². The second-order valence-corrected chi connectivity index (χ2v) is 6.81. The third-order valence-electron chi connectivity index (χ3n) is 4.66. The number of ether oxygens (including phenoxy) is 2. The topological polar surface area (TPSA) is 123 Å². The van der Waals surface area contributed by atoms with Gasteiger partial charge in [-0.25, -0.2) is 4.79 Å². The van der Waals surface area contributed by atoms with Gasteiger partial charge < -0.3 is 25.8 Å². The molecule has 1 aliphatic heterocycles. The highest BCUT2D eigenvalue weighted by molar-refractivity contribution is 5.97. The average Bonchev–Trinajstić information content (AvgIpc) is 3.16. The molecule has 0 aliphatic carbocycles. The van der Waals surface area contributed by atoms with Crippen LogP contribution in [0.15, 0.2) is 36.4 Å². The summed E-state index contributed by atoms with van der Waals surface area (Å²) in [7, 11) is 1.49. The fraction of sp³-hybridized carbons (Fsp3) is 0.286. The monoisotopic (exact) mass is 412 g/mol. The molecule has 0 saturated carbocycles. The fourth-order valence-corrected chi connectivity index (χ4v) is 3.18. The van der Waals surface area contributed by atoms with Crippen LogP contribution in [0.2, 0.25) is 0 Å². The Hall–Kier alpha value is -3.75. The summed E-state index contributed by atoms with van der Waals surface area (Å²) in [6.45, 7) is 3.11. The molecule has 0 spiro atoms. The number of nitrogens with zero attached hydrogens (tertiary/aromatic N) is 1. The van der Waals surface area contributed by atoms with E-state index in [1.807, 2.05) is 6.92 Å². The first kappa shape index (κ1) is 21.0. The van der Waals surface area contributed by atoms with Crippen LogP contribution in [-0.2, 0) is 11.3 Å². The Kier molecular flexibility index (Phi) is 6.41. The van der Waals surface area contributed by atoms with Gasteiger partial charge in [-0.2, -0.15) is 0 Å². The van der Waals surface area contributed by atoms with Crippen molar-refractivity contribution in [3.8, 4) is 11.5 Å². The summed E-state index contributed by atoms with van der Waals surface area (Å²) in [5.41, 5.74) is 8.02. The van der Waals surface area contributed by atoms with E-state index in [9.17, 15) is 14.4 Å². The molecule has 0 bridgehead atoms. The smallest absolute Gasteiger partial charge is 0.322 e. The van der Waals surface area contributed by atoms with E-state index in [1.54, 1.807) is 41.3 Å². The Morgan fingerprint density at radius 3 is 2.63 bits per heavy atom. The zero-order valence-corrected chi connectivity index (χ0v) is 16.9. The molecule has 0 atom stereocenters. The first-order valence-electron chi connectivity index (χ1n) is 9.41. The lowest BCUT2D eigenvalue weighted by molar-refractivity contribution is -0.119. The van der Waals surface area contributed by atoms with Crippen LogP contribution < -0.4 is 30.7 Å². The molecule has 0 aromatic heterocycles. The lowest BCUT2D eigenvalue weighted by Gasteiger charge is -2.17. The van der Waals surface area contributed by atoms with Crippen molar-refractivity contribution in [2.24, 2.45) is 5.73 Å². The van der Waals surface area contributed by atoms with Gasteiger partial charge in [0, 0.05) is 30.9 Å². The molecular weight excluding hydrogens is 388 g/mol. The van der Waals surface area contributed by atoms with Crippen molar-refractivity contribution in [3.05, 3.63) is 53.1 Å². The molecule has 4 N–H and O–H groups in total. The molecule has 0 radical (unpaired) electrons. The van der Waals surface area contributed by atoms with Gasteiger partial charge in [-0.3, -0.25) is 14.5 Å². The van der Waals surface area contributed by atoms with Crippen LogP contribution in [0.4, 0.5) is 10.5 Å². The van der Waals surface area contributed by atoms with Gasteiger partial charge in [-0.05, 0) is 48.4 Å². The van der Waals surface area contributed by atoms with Crippen LogP contribution in [0, 0.1) is 6.92 Å². The third-order valence-corrected chi connectivity index (χ3v) is 4.66. The number of aryl methyl sites for hydroxylation is 1. The molecule has 1 fully saturated rings. The van der Waals surface area contributed by atoms with E-state index in [1.165, 1.54) is 7.11 Å². The first-order chi connectivity index (χ1) is 14.4. The number of methoxy groups -OCH3 is 1. The largest absolute Gasteiger partial charge is 0.493 e. The lowest BCUT2D eigenvalue weighted by Crippen LogP contribution is -2.28. The number of hydrogen-bond acceptors (Lipinski definition) is 5. The number of primary amides is 1. The van der Waals surface area contributed by atoms with E-state index < -0.39 is 5.91 Å². The van der Waals surface area contributed by atoms with Crippen molar-refractivity contribution in [2.45, 2.75) is 13.5 Å². The molecular formula is C21H24N4O5. The predicted octanol–water partition coefficient (Wildman–Crippen LogP) is 1.33. The van der Waals surface area contributed by atoms with Gasteiger partial charge in [-0.1, -0.05) is 6.07 Å². The van der Waals surface area contributed by atoms with Crippen LogP contribution in [0.1, 0.15) is 21.5 Å². The van der Waals surface area contributed by atoms with Gasteiger partial charge >= 0.3 is 6.03 Å². The third kappa shape index (κ3) is 4.80. The lowest BCUT2D eigenvalue weighted by atomic mass is 10.1. The highest BCUT2D eigenvalue weighted by atomic mass is 16.5. The van der Waals surface area contributed by atoms with E-state index in [0.29, 0.717) is 30.2 Å². The van der Waals surface area contributed by atoms with Crippen molar-refractivity contribution in [2.75, 3.05) is 31.7 Å². The zero-order valence-electron chi connectivity index (χ0n) is 16.9. The molecule has 0 unspecified atom stereocenters. The summed E-state index contributed by atoms with van der Waals surface area (Å²) >= 11 is 0. The Balaban J connectivity index is 1.64. The number of benzene rings is 2. The summed E-state index contributed by atoms with van der Waals surface area (Å²) in [6, 6.07) is 10.2. The van der Waals surface area contributed by atoms with Crippen molar-refractivity contribution in [1.82, 2.24) is 10.6 Å². The minimum atomic E-state index is -0.583. The minimum Gasteiger partial charge on any atom is -0.493 e. The molecule has 9 nitrogen and oxygen atoms in total. The van der Waals surface area contributed by atoms with Crippen LogP contribution in [-0.4, -0.2) is 44.7 Å². The Bertz CT molecular complexity index is 976. The minimum absolute atomic E-state index is 0.132. The molecule has 1 saturated heterocycles. The van der Waals surface area contributed by atoms with Crippen molar-refractivity contribution in [1.29, 1.82) is 0 Å². The Labute approximate surface area is 174 Å². The van der Waals surface area contributed by atoms with Crippen molar-refractivity contribution in [3.63, 3.8) is 0 Å². The maximum Gasteiger partial charge on any atom is 0.322 e. The molecule has 2 aromatic carbocycles. The number of hydrogen-bond donors (Lipinski definition) is 3. The Morgan fingerprint density at radius 2 is 2.00 bits per heavy atom. The number of urea groups is 1. The number of anilines is 1. The number of nitrogens with two attached hydrogens (primary N) is 1. The number of rotatable bonds is 8. The summed E-state index contributed by atoms with van der Waals surface area (Å²) in [5.74, 6) is 0.0132. The molecule has 2 aromatic rings. The maximum atomic E-state index is 12.6. The van der Waals surface area contributed by atoms with Crippen LogP contribution >= 0.6 is 0 Å². The summed E-state index contributed by atoms with van der Waals surface area (Å²) < 4.78 is 10.6. The van der Waals surface area contributed by atoms with Gasteiger partial charge in [0.1, 0.15) is 0 Å². The normalized spacial score (nSPS) is 13.0. The molecule has 158 valence electrons. The van der Waals surface area contributed by atoms with E-state index >= 15 is 0 Å². The first-order valence-corrected chi connectivity index (χ1v) is 9.41. The van der Waals surface area contributed by atoms with E-state index in [2.05, 4.69) is 10.6 Å². The summed E-state index contributed by atoms with van der Waals surface area (Å²) in [5, 5.41) is 5.62. The molecule has 1 heterocycles. The van der Waals surface area contributed by atoms with Crippen molar-refractivity contribution >= 4 is 23.5 Å². The highest BCUT2D eigenvalue weighted by Gasteiger charge is 2.23. The van der Waals surface area contributed by atoms with Crippen molar-refractivity contribution < 1.29 is 23.9 Å². The Morgan fingerprint density at radius 1 is 1.20 bits per heavy atom. The van der Waals surface area contributed by atoms with Crippen LogP contribution in [0.3, 0.4) is 0 Å². The highest BCUT2D eigenvalue weighted by Crippen LogP contribution is 2.28. The number of nitrogens with one attached hydrogen (secondary N) is 2. The van der Waals surface area contributed by atoms with Gasteiger partial charge in [-0.15, -0.1) is 0 Å². The van der Waals surface area contributed by atoms with E-state index in [0.717, 1.165) is 16.8 Å². The second kappa shape index (κ2) is 9.17. The fourth-order valence-electron chi connectivity index (χ4n) is 3.18. The van der Waals surface area contributed by atoms with Crippen LogP contribution in [0.5, 0.6) is 11.5 Å². The molecule has 9 heteroatoms. The van der Waals surface area contributed by atoms with Gasteiger partial charge in [0.15, 0.2) is 18.1 Å². The molecule has 4 amide bonds. The molecule has 30 heavy (non-hydrogen) atoms. The average molecular weight is 412 g/mol. The SMILES string of the molecule is COc1cc(CNC(=O)c2ccc(N3CCNC3=O)c(C)c2)ccc1OCC(N)=O. The van der Waals surface area contributed by atoms with E-state index in [-0.39, 0.29) is 25.1 Å². The summed E-state index contributed by atoms with van der Waals surface area (Å²) in [4.78, 5) is 36.9. The summed E-state index contributed by atoms with van der Waals surface area (Å²) in [6.07, 6.45) is 0. The number of carbonyl (C=O) groups excluding carboxylic acids is 3. The molecule has 1 aliphatic rings. The molecule has 3 rings (SSSR count). The van der Waals surface area contributed by atoms with E-state index in [4.69, 9.17) is 15.2 Å². The van der Waals surface area contributed by atoms with Gasteiger partial charge in [0.05, 0.1) is 7.11 Å². The maximum absolute atomic E-state index is 12.6. The van der Waals surface area contributed by atoms with Gasteiger partial charge in [0.25, 0.3) is 11.8 Å². The quantitative estimate of drug-likeness (QED) is 0.604. The van der Waals surface area contributed by atoms with Crippen LogP contribution in [0.25, 0.3) is 0 Å². The standard InChI is InChI=1S/C21H24N4O5/c1-13-9-15(4-5-16(13)25-8-7-23-21(25)28)20(27)24-11-14-3-6-17(18(10-14)29-2)30-12-19(22)26/h3-6,9-10H,7-8,11-12H2,1-2H3,(H2,22,26)(H,23,28)(H,24,27). The second-order valence-electron chi connectivity index (χ2n) is 6.81. The number of carbonyl (C=O) groups is 3. The predicted molar refractivity (Wildman–Crippen MR) is 111 cm³/mol. The zero-order chi connectivity index (χ0) is 21.7. The number of amides is 4.